The van der Waals surface area contributed by atoms with E-state index in [2.05, 4.69) is 5.16 Å². The third kappa shape index (κ3) is 3.38. The van der Waals surface area contributed by atoms with Gasteiger partial charge in [0.05, 0.1) is 11.7 Å². The number of amidine groups is 1. The molecule has 0 aliphatic carbocycles. The minimum absolute atomic E-state index is 0.0586. The van der Waals surface area contributed by atoms with E-state index < -0.39 is 0 Å². The van der Waals surface area contributed by atoms with Crippen LogP contribution in [-0.4, -0.2) is 30.4 Å². The standard InChI is InChI=1S/C14H20N2O3/c1-10-5-4-7-12(14(15)16-17)13(10)19-9-11-6-2-3-8-18-11/h4-5,7,11,17H,2-3,6,8-9H2,1H3,(H2,15,16). The highest BCUT2D eigenvalue weighted by Crippen LogP contribution is 2.24. The van der Waals surface area contributed by atoms with Crippen LogP contribution in [0.3, 0.4) is 0 Å². The lowest BCUT2D eigenvalue weighted by Gasteiger charge is -2.23. The van der Waals surface area contributed by atoms with Crippen LogP contribution in [0.1, 0.15) is 30.4 Å². The Morgan fingerprint density at radius 1 is 1.53 bits per heavy atom. The fourth-order valence-corrected chi connectivity index (χ4v) is 2.21. The van der Waals surface area contributed by atoms with Crippen molar-refractivity contribution < 1.29 is 14.7 Å². The predicted molar refractivity (Wildman–Crippen MR) is 72.8 cm³/mol. The third-order valence-electron chi connectivity index (χ3n) is 3.28. The quantitative estimate of drug-likeness (QED) is 0.377. The van der Waals surface area contributed by atoms with Gasteiger partial charge in [0, 0.05) is 6.61 Å². The summed E-state index contributed by atoms with van der Waals surface area (Å²) in [6.45, 7) is 3.23. The van der Waals surface area contributed by atoms with Crippen molar-refractivity contribution in [1.82, 2.24) is 0 Å². The van der Waals surface area contributed by atoms with Crippen LogP contribution >= 0.6 is 0 Å². The fourth-order valence-electron chi connectivity index (χ4n) is 2.21. The van der Waals surface area contributed by atoms with Gasteiger partial charge >= 0.3 is 0 Å². The average molecular weight is 264 g/mol. The van der Waals surface area contributed by atoms with E-state index in [-0.39, 0.29) is 11.9 Å². The number of oxime groups is 1. The van der Waals surface area contributed by atoms with Crippen LogP contribution in [0.25, 0.3) is 0 Å². The molecule has 5 heteroatoms. The summed E-state index contributed by atoms with van der Waals surface area (Å²) in [5.41, 5.74) is 7.23. The first kappa shape index (κ1) is 13.7. The molecule has 1 aliphatic rings. The van der Waals surface area contributed by atoms with Gasteiger partial charge in [-0.2, -0.15) is 0 Å². The maximum absolute atomic E-state index is 8.80. The van der Waals surface area contributed by atoms with Crippen molar-refractivity contribution >= 4 is 5.84 Å². The zero-order valence-corrected chi connectivity index (χ0v) is 11.1. The molecule has 0 radical (unpaired) electrons. The Kier molecular flexibility index (Phi) is 4.63. The second-order valence-electron chi connectivity index (χ2n) is 4.74. The van der Waals surface area contributed by atoms with E-state index in [4.69, 9.17) is 20.4 Å². The molecule has 19 heavy (non-hydrogen) atoms. The largest absolute Gasteiger partial charge is 0.490 e. The molecule has 1 saturated heterocycles. The summed E-state index contributed by atoms with van der Waals surface area (Å²) in [5.74, 6) is 0.718. The number of nitrogens with two attached hydrogens (primary N) is 1. The number of rotatable bonds is 4. The molecule has 0 spiro atoms. The van der Waals surface area contributed by atoms with Gasteiger partial charge < -0.3 is 20.4 Å². The first-order chi connectivity index (χ1) is 9.22. The minimum Gasteiger partial charge on any atom is -0.490 e. The van der Waals surface area contributed by atoms with Gasteiger partial charge in [-0.1, -0.05) is 17.3 Å². The van der Waals surface area contributed by atoms with Crippen LogP contribution in [0.5, 0.6) is 5.75 Å². The predicted octanol–water partition coefficient (Wildman–Crippen LogP) is 2.04. The first-order valence-corrected chi connectivity index (χ1v) is 6.54. The van der Waals surface area contributed by atoms with Crippen molar-refractivity contribution in [2.45, 2.75) is 32.3 Å². The van der Waals surface area contributed by atoms with E-state index in [1.165, 1.54) is 6.42 Å². The summed E-state index contributed by atoms with van der Waals surface area (Å²) in [4.78, 5) is 0. The smallest absolute Gasteiger partial charge is 0.173 e. The zero-order valence-electron chi connectivity index (χ0n) is 11.1. The maximum atomic E-state index is 8.80. The number of ether oxygens (including phenoxy) is 2. The molecule has 1 fully saturated rings. The summed E-state index contributed by atoms with van der Waals surface area (Å²) in [7, 11) is 0. The van der Waals surface area contributed by atoms with E-state index in [1.807, 2.05) is 19.1 Å². The van der Waals surface area contributed by atoms with Crippen LogP contribution in [0.2, 0.25) is 0 Å². The normalized spacial score (nSPS) is 20.3. The molecule has 0 saturated carbocycles. The van der Waals surface area contributed by atoms with E-state index >= 15 is 0 Å². The lowest BCUT2D eigenvalue weighted by molar-refractivity contribution is -0.0112. The molecule has 5 nitrogen and oxygen atoms in total. The van der Waals surface area contributed by atoms with Gasteiger partial charge in [0.2, 0.25) is 0 Å². The molecule has 3 N–H and O–H groups in total. The van der Waals surface area contributed by atoms with Gasteiger partial charge in [-0.25, -0.2) is 0 Å². The van der Waals surface area contributed by atoms with E-state index in [9.17, 15) is 0 Å². The Hall–Kier alpha value is -1.75. The molecule has 0 aromatic heterocycles. The Morgan fingerprint density at radius 3 is 3.05 bits per heavy atom. The third-order valence-corrected chi connectivity index (χ3v) is 3.28. The Balaban J connectivity index is 2.10. The number of aryl methyl sites for hydroxylation is 1. The number of hydrogen-bond acceptors (Lipinski definition) is 4. The fraction of sp³-hybridized carbons (Fsp3) is 0.500. The van der Waals surface area contributed by atoms with Gasteiger partial charge in [-0.15, -0.1) is 0 Å². The maximum Gasteiger partial charge on any atom is 0.173 e. The summed E-state index contributed by atoms with van der Waals surface area (Å²) >= 11 is 0. The van der Waals surface area contributed by atoms with E-state index in [0.29, 0.717) is 17.9 Å². The molecule has 1 heterocycles. The van der Waals surface area contributed by atoms with Crippen molar-refractivity contribution in [3.63, 3.8) is 0 Å². The highest BCUT2D eigenvalue weighted by Gasteiger charge is 2.17. The molecule has 1 atom stereocenters. The monoisotopic (exact) mass is 264 g/mol. The van der Waals surface area contributed by atoms with Crippen LogP contribution < -0.4 is 10.5 Å². The van der Waals surface area contributed by atoms with Crippen LogP contribution in [-0.2, 0) is 4.74 Å². The van der Waals surface area contributed by atoms with Gasteiger partial charge in [-0.3, -0.25) is 0 Å². The molecular formula is C14H20N2O3. The summed E-state index contributed by atoms with van der Waals surface area (Å²) < 4.78 is 11.5. The van der Waals surface area contributed by atoms with Crippen molar-refractivity contribution in [2.24, 2.45) is 10.9 Å². The first-order valence-electron chi connectivity index (χ1n) is 6.54. The molecule has 1 aliphatic heterocycles. The van der Waals surface area contributed by atoms with E-state index in [0.717, 1.165) is 25.0 Å². The van der Waals surface area contributed by atoms with Crippen molar-refractivity contribution in [3.05, 3.63) is 29.3 Å². The summed E-state index contributed by atoms with van der Waals surface area (Å²) in [6.07, 6.45) is 3.45. The molecule has 1 aromatic rings. The summed E-state index contributed by atoms with van der Waals surface area (Å²) in [5, 5.41) is 11.8. The highest BCUT2D eigenvalue weighted by atomic mass is 16.5. The van der Waals surface area contributed by atoms with Crippen LogP contribution in [0, 0.1) is 6.92 Å². The number of para-hydroxylation sites is 1. The second-order valence-corrected chi connectivity index (χ2v) is 4.74. The molecule has 0 amide bonds. The second kappa shape index (κ2) is 6.43. The van der Waals surface area contributed by atoms with Gasteiger partial charge in [-0.05, 0) is 37.8 Å². The highest BCUT2D eigenvalue weighted by molar-refractivity contribution is 5.99. The Bertz CT molecular complexity index is 454. The zero-order chi connectivity index (χ0) is 13.7. The molecule has 104 valence electrons. The molecule has 1 aromatic carbocycles. The lowest BCUT2D eigenvalue weighted by atomic mass is 10.1. The SMILES string of the molecule is Cc1cccc(/C(N)=N/O)c1OCC1CCCCO1. The lowest BCUT2D eigenvalue weighted by Crippen LogP contribution is -2.26. The topological polar surface area (TPSA) is 77.1 Å². The van der Waals surface area contributed by atoms with Gasteiger partial charge in [0.1, 0.15) is 12.4 Å². The number of hydrogen-bond donors (Lipinski definition) is 2. The van der Waals surface area contributed by atoms with Crippen LogP contribution in [0.15, 0.2) is 23.4 Å². The molecule has 1 unspecified atom stereocenters. The van der Waals surface area contributed by atoms with Crippen LogP contribution in [0.4, 0.5) is 0 Å². The Morgan fingerprint density at radius 2 is 2.37 bits per heavy atom. The van der Waals surface area contributed by atoms with Crippen molar-refractivity contribution in [2.75, 3.05) is 13.2 Å². The average Bonchev–Trinajstić information content (AvgIpc) is 2.46. The minimum atomic E-state index is 0.0586. The molecule has 2 rings (SSSR count). The Labute approximate surface area is 113 Å². The van der Waals surface area contributed by atoms with Crippen molar-refractivity contribution in [1.29, 1.82) is 0 Å². The molecule has 0 bridgehead atoms. The molecular weight excluding hydrogens is 244 g/mol. The van der Waals surface area contributed by atoms with E-state index in [1.54, 1.807) is 6.07 Å². The summed E-state index contributed by atoms with van der Waals surface area (Å²) in [6, 6.07) is 5.57. The van der Waals surface area contributed by atoms with Crippen molar-refractivity contribution in [3.8, 4) is 5.75 Å². The van der Waals surface area contributed by atoms with Gasteiger partial charge in [0.25, 0.3) is 0 Å². The van der Waals surface area contributed by atoms with Gasteiger partial charge in [0.15, 0.2) is 5.84 Å². The number of benzene rings is 1. The number of nitrogens with zero attached hydrogens (tertiary/aromatic N) is 1.